The van der Waals surface area contributed by atoms with Crippen LogP contribution >= 0.6 is 0 Å². The zero-order valence-electron chi connectivity index (χ0n) is 7.42. The van der Waals surface area contributed by atoms with Crippen molar-refractivity contribution in [3.8, 4) is 0 Å². The van der Waals surface area contributed by atoms with E-state index in [9.17, 15) is 4.79 Å². The molecule has 66 valence electrons. The molecule has 0 aliphatic rings. The van der Waals surface area contributed by atoms with Gasteiger partial charge in [0.1, 0.15) is 0 Å². The Kier molecular flexibility index (Phi) is 2.65. The third-order valence-corrected chi connectivity index (χ3v) is 1.86. The number of Topliss-reactive ketones (excluding diaryl/α,β-unsaturated/α-hetero) is 1. The molecule has 0 atom stereocenters. The van der Waals surface area contributed by atoms with Gasteiger partial charge in [-0.2, -0.15) is 0 Å². The summed E-state index contributed by atoms with van der Waals surface area (Å²) in [6.07, 6.45) is 1.85. The minimum absolute atomic E-state index is 0.0399. The minimum atomic E-state index is -0.0399. The maximum absolute atomic E-state index is 11.1. The number of carbonyl (C=O) groups excluding carboxylic acids is 1. The van der Waals surface area contributed by atoms with Gasteiger partial charge in [-0.05, 0) is 17.5 Å². The molecule has 0 unspecified atom stereocenters. The van der Waals surface area contributed by atoms with Crippen molar-refractivity contribution in [3.05, 3.63) is 23.5 Å². The van der Waals surface area contributed by atoms with Crippen LogP contribution in [0.25, 0.3) is 0 Å². The molecule has 0 aliphatic heterocycles. The van der Waals surface area contributed by atoms with E-state index in [4.69, 9.17) is 5.73 Å². The van der Waals surface area contributed by atoms with Crippen LogP contribution in [0.5, 0.6) is 0 Å². The molecule has 1 heterocycles. The zero-order chi connectivity index (χ0) is 9.14. The fourth-order valence-electron chi connectivity index (χ4n) is 1.02. The van der Waals surface area contributed by atoms with Crippen LogP contribution in [-0.4, -0.2) is 17.3 Å². The highest BCUT2D eigenvalue weighted by Gasteiger charge is 2.07. The molecular formula is C9H14N2O. The van der Waals surface area contributed by atoms with Crippen LogP contribution in [0.3, 0.4) is 0 Å². The summed E-state index contributed by atoms with van der Waals surface area (Å²) in [7, 11) is 0. The van der Waals surface area contributed by atoms with E-state index in [1.807, 2.05) is 12.3 Å². The molecule has 0 amide bonds. The number of nitrogens with two attached hydrogens (primary N) is 1. The Labute approximate surface area is 72.0 Å². The maximum Gasteiger partial charge on any atom is 0.192 e. The van der Waals surface area contributed by atoms with Crippen molar-refractivity contribution in [3.63, 3.8) is 0 Å². The molecule has 0 spiro atoms. The number of ketones is 1. The second kappa shape index (κ2) is 3.54. The summed E-state index contributed by atoms with van der Waals surface area (Å²) >= 11 is 0. The summed E-state index contributed by atoms with van der Waals surface area (Å²) in [5.41, 5.74) is 6.98. The highest BCUT2D eigenvalue weighted by atomic mass is 16.1. The van der Waals surface area contributed by atoms with Crippen LogP contribution in [0.2, 0.25) is 0 Å². The van der Waals surface area contributed by atoms with Crippen LogP contribution in [0.4, 0.5) is 0 Å². The van der Waals surface area contributed by atoms with E-state index in [-0.39, 0.29) is 12.3 Å². The number of hydrogen-bond acceptors (Lipinski definition) is 2. The van der Waals surface area contributed by atoms with Crippen molar-refractivity contribution < 1.29 is 4.79 Å². The summed E-state index contributed by atoms with van der Waals surface area (Å²) in [6.45, 7) is 4.23. The number of carbonyl (C=O) groups is 1. The monoisotopic (exact) mass is 166 g/mol. The Morgan fingerprint density at radius 2 is 2.33 bits per heavy atom. The lowest BCUT2D eigenvalue weighted by atomic mass is 10.1. The Balaban J connectivity index is 2.84. The number of nitrogens with one attached hydrogen (secondary N) is 1. The van der Waals surface area contributed by atoms with Gasteiger partial charge in [0.25, 0.3) is 0 Å². The molecule has 3 N–H and O–H groups in total. The number of aromatic nitrogens is 1. The van der Waals surface area contributed by atoms with Crippen LogP contribution in [0.1, 0.15) is 35.8 Å². The lowest BCUT2D eigenvalue weighted by Crippen LogP contribution is -2.13. The average molecular weight is 166 g/mol. The SMILES string of the molecule is CC(C)c1c[nH]c(C(=O)CN)c1. The van der Waals surface area contributed by atoms with Gasteiger partial charge >= 0.3 is 0 Å². The second-order valence-electron chi connectivity index (χ2n) is 3.13. The molecule has 3 nitrogen and oxygen atoms in total. The number of aromatic amines is 1. The van der Waals surface area contributed by atoms with Crippen LogP contribution in [-0.2, 0) is 0 Å². The van der Waals surface area contributed by atoms with Crippen molar-refractivity contribution in [1.29, 1.82) is 0 Å². The lowest BCUT2D eigenvalue weighted by Gasteiger charge is -1.96. The van der Waals surface area contributed by atoms with Crippen molar-refractivity contribution in [2.75, 3.05) is 6.54 Å². The van der Waals surface area contributed by atoms with E-state index in [2.05, 4.69) is 18.8 Å². The predicted molar refractivity (Wildman–Crippen MR) is 48.3 cm³/mol. The standard InChI is InChI=1S/C9H14N2O/c1-6(2)7-3-8(11-5-7)9(12)4-10/h3,5-6,11H,4,10H2,1-2H3. The highest BCUT2D eigenvalue weighted by Crippen LogP contribution is 2.14. The van der Waals surface area contributed by atoms with E-state index < -0.39 is 0 Å². The van der Waals surface area contributed by atoms with Gasteiger partial charge in [-0.15, -0.1) is 0 Å². The third-order valence-electron chi connectivity index (χ3n) is 1.86. The largest absolute Gasteiger partial charge is 0.358 e. The summed E-state index contributed by atoms with van der Waals surface area (Å²) < 4.78 is 0. The lowest BCUT2D eigenvalue weighted by molar-refractivity contribution is 0.0997. The quantitative estimate of drug-likeness (QED) is 0.664. The van der Waals surface area contributed by atoms with Crippen molar-refractivity contribution in [1.82, 2.24) is 4.98 Å². The van der Waals surface area contributed by atoms with Gasteiger partial charge < -0.3 is 10.7 Å². The summed E-state index contributed by atoms with van der Waals surface area (Å²) in [6, 6.07) is 1.86. The van der Waals surface area contributed by atoms with Crippen LogP contribution < -0.4 is 5.73 Å². The molecule has 0 fully saturated rings. The molecule has 3 heteroatoms. The number of hydrogen-bond donors (Lipinski definition) is 2. The third kappa shape index (κ3) is 1.74. The second-order valence-corrected chi connectivity index (χ2v) is 3.13. The predicted octanol–water partition coefficient (Wildman–Crippen LogP) is 1.28. The normalized spacial score (nSPS) is 10.7. The molecule has 0 saturated heterocycles. The van der Waals surface area contributed by atoms with Crippen molar-refractivity contribution in [2.24, 2.45) is 5.73 Å². The van der Waals surface area contributed by atoms with E-state index in [1.165, 1.54) is 0 Å². The fourth-order valence-corrected chi connectivity index (χ4v) is 1.02. The van der Waals surface area contributed by atoms with Gasteiger partial charge in [0.2, 0.25) is 0 Å². The molecule has 0 saturated carbocycles. The minimum Gasteiger partial charge on any atom is -0.358 e. The van der Waals surface area contributed by atoms with Gasteiger partial charge in [-0.25, -0.2) is 0 Å². The van der Waals surface area contributed by atoms with E-state index in [0.717, 1.165) is 5.56 Å². The summed E-state index contributed by atoms with van der Waals surface area (Å²) in [5, 5.41) is 0. The van der Waals surface area contributed by atoms with Gasteiger partial charge in [0.05, 0.1) is 12.2 Å². The first-order chi connectivity index (χ1) is 5.65. The molecule has 0 aromatic carbocycles. The van der Waals surface area contributed by atoms with Gasteiger partial charge in [0.15, 0.2) is 5.78 Å². The average Bonchev–Trinajstić information content (AvgIpc) is 2.51. The van der Waals surface area contributed by atoms with E-state index in [1.54, 1.807) is 0 Å². The molecule has 0 radical (unpaired) electrons. The Morgan fingerprint density at radius 3 is 2.75 bits per heavy atom. The van der Waals surface area contributed by atoms with Crippen molar-refractivity contribution >= 4 is 5.78 Å². The first-order valence-corrected chi connectivity index (χ1v) is 4.06. The van der Waals surface area contributed by atoms with Gasteiger partial charge in [-0.3, -0.25) is 4.79 Å². The van der Waals surface area contributed by atoms with Gasteiger partial charge in [-0.1, -0.05) is 13.8 Å². The summed E-state index contributed by atoms with van der Waals surface area (Å²) in [5.74, 6) is 0.405. The fraction of sp³-hybridized carbons (Fsp3) is 0.444. The molecule has 1 rings (SSSR count). The Bertz CT molecular complexity index is 276. The molecule has 0 bridgehead atoms. The maximum atomic E-state index is 11.1. The first-order valence-electron chi connectivity index (χ1n) is 4.06. The topological polar surface area (TPSA) is 58.9 Å². The first kappa shape index (κ1) is 9.00. The number of rotatable bonds is 3. The Morgan fingerprint density at radius 1 is 1.67 bits per heavy atom. The summed E-state index contributed by atoms with van der Waals surface area (Å²) in [4.78, 5) is 14.0. The van der Waals surface area contributed by atoms with E-state index >= 15 is 0 Å². The van der Waals surface area contributed by atoms with Crippen molar-refractivity contribution in [2.45, 2.75) is 19.8 Å². The smallest absolute Gasteiger partial charge is 0.192 e. The molecule has 1 aromatic heterocycles. The molecule has 12 heavy (non-hydrogen) atoms. The van der Waals surface area contributed by atoms with Crippen LogP contribution in [0, 0.1) is 0 Å². The molecular weight excluding hydrogens is 152 g/mol. The van der Waals surface area contributed by atoms with Gasteiger partial charge in [0, 0.05) is 6.20 Å². The highest BCUT2D eigenvalue weighted by molar-refractivity contribution is 5.96. The van der Waals surface area contributed by atoms with E-state index in [0.29, 0.717) is 11.6 Å². The molecule has 1 aromatic rings. The zero-order valence-corrected chi connectivity index (χ0v) is 7.42. The number of H-pyrrole nitrogens is 1. The van der Waals surface area contributed by atoms with Crippen LogP contribution in [0.15, 0.2) is 12.3 Å². The molecule has 0 aliphatic carbocycles. The Hall–Kier alpha value is -1.09.